The molecule has 0 aromatic rings. The van der Waals surface area contributed by atoms with Crippen LogP contribution in [-0.2, 0) is 4.74 Å². The lowest BCUT2D eigenvalue weighted by Crippen LogP contribution is -2.38. The fraction of sp³-hybridized carbons (Fsp3) is 0.833. The first-order valence-electron chi connectivity index (χ1n) is 9.23. The van der Waals surface area contributed by atoms with Crippen molar-refractivity contribution in [3.8, 4) is 0 Å². The average molecular weight is 323 g/mol. The summed E-state index contributed by atoms with van der Waals surface area (Å²) >= 11 is 0. The highest BCUT2D eigenvalue weighted by Crippen LogP contribution is 2.28. The Labute approximate surface area is 140 Å². The Hall–Kier alpha value is -1.07. The van der Waals surface area contributed by atoms with Gasteiger partial charge in [0, 0.05) is 19.7 Å². The van der Waals surface area contributed by atoms with E-state index in [4.69, 9.17) is 4.74 Å². The fourth-order valence-corrected chi connectivity index (χ4v) is 2.72. The summed E-state index contributed by atoms with van der Waals surface area (Å²) < 4.78 is 5.50. The van der Waals surface area contributed by atoms with Gasteiger partial charge in [0.1, 0.15) is 0 Å². The van der Waals surface area contributed by atoms with Gasteiger partial charge >= 0.3 is 0 Å². The van der Waals surface area contributed by atoms with Crippen LogP contribution < -0.4 is 10.6 Å². The summed E-state index contributed by atoms with van der Waals surface area (Å²) in [6, 6.07) is 0. The van der Waals surface area contributed by atoms with Gasteiger partial charge in [-0.05, 0) is 57.8 Å². The number of aliphatic imine (C=N–C) groups is 1. The first-order chi connectivity index (χ1) is 11.3. The van der Waals surface area contributed by atoms with Gasteiger partial charge in [-0.15, -0.1) is 0 Å². The number of nitrogens with one attached hydrogen (secondary N) is 2. The zero-order valence-corrected chi connectivity index (χ0v) is 14.5. The second-order valence-corrected chi connectivity index (χ2v) is 6.64. The van der Waals surface area contributed by atoms with Crippen LogP contribution in [-0.4, -0.2) is 50.0 Å². The standard InChI is InChI=1S/C18H33N3O2/c1-2-19-18(20-11-10-15-6-4-3-5-7-15)21-12-17(22)14-23-13-16-8-9-16/h6,16-17,22H,2-5,7-14H2,1H3,(H2,19,20,21). The van der Waals surface area contributed by atoms with Gasteiger partial charge in [0.2, 0.25) is 0 Å². The monoisotopic (exact) mass is 323 g/mol. The summed E-state index contributed by atoms with van der Waals surface area (Å²) in [6.45, 7) is 5.31. The highest BCUT2D eigenvalue weighted by Gasteiger charge is 2.21. The number of ether oxygens (including phenoxy) is 1. The third-order valence-corrected chi connectivity index (χ3v) is 4.29. The molecular weight excluding hydrogens is 290 g/mol. The second-order valence-electron chi connectivity index (χ2n) is 6.64. The third kappa shape index (κ3) is 8.37. The van der Waals surface area contributed by atoms with E-state index >= 15 is 0 Å². The molecule has 1 fully saturated rings. The minimum atomic E-state index is -0.523. The predicted octanol–water partition coefficient (Wildman–Crippen LogP) is 2.22. The van der Waals surface area contributed by atoms with Gasteiger partial charge in [-0.1, -0.05) is 11.6 Å². The van der Waals surface area contributed by atoms with E-state index in [1.54, 1.807) is 5.57 Å². The molecule has 2 aliphatic carbocycles. The normalized spacial score (nSPS) is 20.1. The molecule has 0 aliphatic heterocycles. The number of nitrogens with zero attached hydrogens (tertiary/aromatic N) is 1. The Kier molecular flexibility index (Phi) is 8.47. The number of aliphatic hydroxyl groups excluding tert-OH is 1. The van der Waals surface area contributed by atoms with Crippen LogP contribution in [0.4, 0.5) is 0 Å². The Morgan fingerprint density at radius 2 is 2.26 bits per heavy atom. The Morgan fingerprint density at radius 1 is 1.39 bits per heavy atom. The van der Waals surface area contributed by atoms with Crippen molar-refractivity contribution < 1.29 is 9.84 Å². The molecule has 5 nitrogen and oxygen atoms in total. The van der Waals surface area contributed by atoms with Gasteiger partial charge in [0.05, 0.1) is 19.3 Å². The van der Waals surface area contributed by atoms with Crippen molar-refractivity contribution in [3.05, 3.63) is 11.6 Å². The third-order valence-electron chi connectivity index (χ3n) is 4.29. The van der Waals surface area contributed by atoms with E-state index in [-0.39, 0.29) is 0 Å². The maximum atomic E-state index is 9.93. The van der Waals surface area contributed by atoms with Gasteiger partial charge in [0.25, 0.3) is 0 Å². The van der Waals surface area contributed by atoms with E-state index in [0.29, 0.717) is 13.2 Å². The molecule has 0 radical (unpaired) electrons. The molecule has 1 saturated carbocycles. The van der Waals surface area contributed by atoms with Crippen LogP contribution in [0.3, 0.4) is 0 Å². The molecule has 0 aromatic carbocycles. The van der Waals surface area contributed by atoms with Gasteiger partial charge in [0.15, 0.2) is 5.96 Å². The van der Waals surface area contributed by atoms with Crippen LogP contribution in [0.15, 0.2) is 16.6 Å². The molecular formula is C18H33N3O2. The molecule has 0 amide bonds. The molecule has 23 heavy (non-hydrogen) atoms. The Morgan fingerprint density at radius 3 is 2.96 bits per heavy atom. The first-order valence-corrected chi connectivity index (χ1v) is 9.23. The van der Waals surface area contributed by atoms with Gasteiger partial charge in [-0.25, -0.2) is 0 Å². The molecule has 0 saturated heterocycles. The molecule has 2 rings (SSSR count). The molecule has 2 aliphatic rings. The number of hydrogen-bond acceptors (Lipinski definition) is 3. The first kappa shape index (κ1) is 18.3. The van der Waals surface area contributed by atoms with Gasteiger partial charge in [-0.3, -0.25) is 4.99 Å². The smallest absolute Gasteiger partial charge is 0.191 e. The molecule has 1 unspecified atom stereocenters. The number of rotatable bonds is 10. The van der Waals surface area contributed by atoms with E-state index in [0.717, 1.165) is 38.0 Å². The number of allylic oxidation sites excluding steroid dienone is 1. The summed E-state index contributed by atoms with van der Waals surface area (Å²) in [6.07, 6.45) is 10.6. The van der Waals surface area contributed by atoms with Crippen molar-refractivity contribution in [2.75, 3.05) is 32.8 Å². The average Bonchev–Trinajstić information content (AvgIpc) is 3.38. The molecule has 132 valence electrons. The second kappa shape index (κ2) is 10.7. The van der Waals surface area contributed by atoms with Crippen molar-refractivity contribution in [3.63, 3.8) is 0 Å². The maximum absolute atomic E-state index is 9.93. The predicted molar refractivity (Wildman–Crippen MR) is 94.7 cm³/mol. The molecule has 0 heterocycles. The van der Waals surface area contributed by atoms with Crippen LogP contribution in [0.1, 0.15) is 51.9 Å². The van der Waals surface area contributed by atoms with E-state index < -0.39 is 6.10 Å². The van der Waals surface area contributed by atoms with Crippen molar-refractivity contribution in [2.24, 2.45) is 10.9 Å². The van der Waals surface area contributed by atoms with E-state index in [2.05, 4.69) is 28.6 Å². The van der Waals surface area contributed by atoms with Gasteiger partial charge in [-0.2, -0.15) is 0 Å². The van der Waals surface area contributed by atoms with Crippen LogP contribution in [0.5, 0.6) is 0 Å². The number of hydrogen-bond donors (Lipinski definition) is 3. The molecule has 1 atom stereocenters. The lowest BCUT2D eigenvalue weighted by atomic mass is 9.97. The molecule has 0 bridgehead atoms. The van der Waals surface area contributed by atoms with Crippen molar-refractivity contribution in [2.45, 2.75) is 58.0 Å². The number of aliphatic hydroxyl groups is 1. The van der Waals surface area contributed by atoms with Crippen molar-refractivity contribution in [1.82, 2.24) is 10.6 Å². The van der Waals surface area contributed by atoms with Gasteiger partial charge < -0.3 is 20.5 Å². The largest absolute Gasteiger partial charge is 0.389 e. The highest BCUT2D eigenvalue weighted by atomic mass is 16.5. The highest BCUT2D eigenvalue weighted by molar-refractivity contribution is 5.79. The molecule has 0 spiro atoms. The zero-order valence-electron chi connectivity index (χ0n) is 14.5. The fourth-order valence-electron chi connectivity index (χ4n) is 2.72. The summed E-state index contributed by atoms with van der Waals surface area (Å²) in [5.74, 6) is 1.52. The summed E-state index contributed by atoms with van der Waals surface area (Å²) in [5, 5.41) is 16.5. The number of guanidine groups is 1. The molecule has 3 N–H and O–H groups in total. The zero-order chi connectivity index (χ0) is 16.3. The maximum Gasteiger partial charge on any atom is 0.191 e. The van der Waals surface area contributed by atoms with Crippen LogP contribution in [0.25, 0.3) is 0 Å². The van der Waals surface area contributed by atoms with E-state index in [9.17, 15) is 5.11 Å². The lowest BCUT2D eigenvalue weighted by molar-refractivity contribution is 0.0368. The van der Waals surface area contributed by atoms with Crippen molar-refractivity contribution >= 4 is 5.96 Å². The SMILES string of the molecule is CCNC(=NCC(O)COCC1CC1)NCCC1=CCCCC1. The Bertz CT molecular complexity index is 392. The van der Waals surface area contributed by atoms with Crippen LogP contribution in [0, 0.1) is 5.92 Å². The summed E-state index contributed by atoms with van der Waals surface area (Å²) in [4.78, 5) is 4.45. The summed E-state index contributed by atoms with van der Waals surface area (Å²) in [7, 11) is 0. The molecule has 0 aromatic heterocycles. The van der Waals surface area contributed by atoms with Crippen molar-refractivity contribution in [1.29, 1.82) is 0 Å². The van der Waals surface area contributed by atoms with Crippen LogP contribution in [0.2, 0.25) is 0 Å². The lowest BCUT2D eigenvalue weighted by Gasteiger charge is -2.15. The van der Waals surface area contributed by atoms with E-state index in [1.165, 1.54) is 38.5 Å². The minimum Gasteiger partial charge on any atom is -0.389 e. The summed E-state index contributed by atoms with van der Waals surface area (Å²) in [5.41, 5.74) is 1.56. The Balaban J connectivity index is 1.62. The minimum absolute atomic E-state index is 0.378. The molecule has 5 heteroatoms. The van der Waals surface area contributed by atoms with E-state index in [1.807, 2.05) is 0 Å². The van der Waals surface area contributed by atoms with Crippen LogP contribution >= 0.6 is 0 Å². The quantitative estimate of drug-likeness (QED) is 0.328. The topological polar surface area (TPSA) is 65.9 Å².